The molecule has 0 radical (unpaired) electrons. The average Bonchev–Trinajstić information content (AvgIpc) is 3.54. The SMILES string of the molecule is NC(=O)c1nsc(C(=O)N(C2CCCCC2)C(C(=O)NCc2ccccc2)c2c[nH]c3ccccc23)c1N. The summed E-state index contributed by atoms with van der Waals surface area (Å²) in [5.74, 6) is -1.52. The molecular formula is C28H30N6O3S. The Morgan fingerprint density at radius 1 is 1.05 bits per heavy atom. The zero-order valence-electron chi connectivity index (χ0n) is 20.9. The number of primary amides is 1. The van der Waals surface area contributed by atoms with Gasteiger partial charge in [0.1, 0.15) is 10.9 Å². The number of hydrogen-bond acceptors (Lipinski definition) is 6. The van der Waals surface area contributed by atoms with Gasteiger partial charge in [-0.2, -0.15) is 4.37 Å². The molecule has 1 unspecified atom stereocenters. The van der Waals surface area contributed by atoms with E-state index in [1.165, 1.54) is 0 Å². The molecule has 2 aromatic heterocycles. The van der Waals surface area contributed by atoms with Crippen LogP contribution in [0, 0.1) is 0 Å². The Hall–Kier alpha value is -4.18. The molecule has 2 aromatic carbocycles. The van der Waals surface area contributed by atoms with Crippen LogP contribution < -0.4 is 16.8 Å². The maximum atomic E-state index is 14.2. The van der Waals surface area contributed by atoms with E-state index in [2.05, 4.69) is 14.7 Å². The van der Waals surface area contributed by atoms with Crippen LogP contribution >= 0.6 is 11.5 Å². The lowest BCUT2D eigenvalue weighted by molar-refractivity contribution is -0.127. The van der Waals surface area contributed by atoms with Crippen molar-refractivity contribution < 1.29 is 14.4 Å². The van der Waals surface area contributed by atoms with E-state index in [1.54, 1.807) is 11.1 Å². The first kappa shape index (κ1) is 25.5. The van der Waals surface area contributed by atoms with E-state index >= 15 is 0 Å². The minimum atomic E-state index is -0.927. The molecule has 1 aliphatic rings. The molecule has 38 heavy (non-hydrogen) atoms. The van der Waals surface area contributed by atoms with Gasteiger partial charge >= 0.3 is 0 Å². The highest BCUT2D eigenvalue weighted by atomic mass is 32.1. The number of rotatable bonds is 8. The van der Waals surface area contributed by atoms with Crippen LogP contribution in [0.15, 0.2) is 60.8 Å². The fourth-order valence-electron chi connectivity index (χ4n) is 5.22. The predicted molar refractivity (Wildman–Crippen MR) is 147 cm³/mol. The summed E-state index contributed by atoms with van der Waals surface area (Å²) in [5.41, 5.74) is 14.0. The number of nitrogen functional groups attached to an aromatic ring is 1. The van der Waals surface area contributed by atoms with E-state index in [4.69, 9.17) is 11.5 Å². The maximum absolute atomic E-state index is 14.2. The quantitative estimate of drug-likeness (QED) is 0.270. The van der Waals surface area contributed by atoms with Crippen LogP contribution in [0.3, 0.4) is 0 Å². The van der Waals surface area contributed by atoms with Crippen molar-refractivity contribution in [3.8, 4) is 0 Å². The summed E-state index contributed by atoms with van der Waals surface area (Å²) in [7, 11) is 0. The highest BCUT2D eigenvalue weighted by Crippen LogP contribution is 2.37. The molecule has 1 aliphatic carbocycles. The van der Waals surface area contributed by atoms with Gasteiger partial charge in [-0.3, -0.25) is 14.4 Å². The molecule has 5 rings (SSSR count). The number of nitrogens with one attached hydrogen (secondary N) is 2. The van der Waals surface area contributed by atoms with Crippen LogP contribution in [0.5, 0.6) is 0 Å². The van der Waals surface area contributed by atoms with Crippen molar-refractivity contribution >= 4 is 45.8 Å². The minimum absolute atomic E-state index is 0.0457. The van der Waals surface area contributed by atoms with Crippen molar-refractivity contribution in [1.29, 1.82) is 0 Å². The Bertz CT molecular complexity index is 1460. The lowest BCUT2D eigenvalue weighted by atomic mass is 9.91. The van der Waals surface area contributed by atoms with E-state index < -0.39 is 17.9 Å². The number of amides is 3. The smallest absolute Gasteiger partial charge is 0.270 e. The third kappa shape index (κ3) is 4.99. The normalized spacial score (nSPS) is 14.7. The summed E-state index contributed by atoms with van der Waals surface area (Å²) >= 11 is 0.839. The summed E-state index contributed by atoms with van der Waals surface area (Å²) < 4.78 is 4.04. The molecule has 1 saturated carbocycles. The molecule has 3 amide bonds. The van der Waals surface area contributed by atoms with E-state index in [0.29, 0.717) is 12.1 Å². The van der Waals surface area contributed by atoms with Crippen molar-refractivity contribution in [1.82, 2.24) is 19.6 Å². The number of nitrogens with zero attached hydrogens (tertiary/aromatic N) is 2. The number of H-pyrrole nitrogens is 1. The minimum Gasteiger partial charge on any atom is -0.395 e. The van der Waals surface area contributed by atoms with Crippen molar-refractivity contribution in [2.45, 2.75) is 50.7 Å². The lowest BCUT2D eigenvalue weighted by Crippen LogP contribution is -2.49. The highest BCUT2D eigenvalue weighted by molar-refractivity contribution is 7.09. The Morgan fingerprint density at radius 2 is 1.76 bits per heavy atom. The second-order valence-electron chi connectivity index (χ2n) is 9.54. The molecule has 10 heteroatoms. The van der Waals surface area contributed by atoms with Gasteiger partial charge in [-0.15, -0.1) is 0 Å². The summed E-state index contributed by atoms with van der Waals surface area (Å²) in [6, 6.07) is 16.2. The number of aromatic nitrogens is 2. The molecule has 6 N–H and O–H groups in total. The van der Waals surface area contributed by atoms with Gasteiger partial charge in [0.15, 0.2) is 5.69 Å². The van der Waals surface area contributed by atoms with Gasteiger partial charge in [0.05, 0.1) is 5.69 Å². The molecule has 0 spiro atoms. The Labute approximate surface area is 224 Å². The summed E-state index contributed by atoms with van der Waals surface area (Å²) in [6.07, 6.45) is 6.29. The van der Waals surface area contributed by atoms with Crippen molar-refractivity contribution in [2.24, 2.45) is 5.73 Å². The largest absolute Gasteiger partial charge is 0.395 e. The van der Waals surface area contributed by atoms with Crippen LogP contribution in [-0.4, -0.2) is 38.0 Å². The number of aromatic amines is 1. The number of fused-ring (bicyclic) bond motifs is 1. The van der Waals surface area contributed by atoms with Crippen LogP contribution in [0.4, 0.5) is 5.69 Å². The molecule has 196 valence electrons. The number of carbonyl (C=O) groups excluding carboxylic acids is 3. The molecule has 1 atom stereocenters. The second kappa shape index (κ2) is 11.1. The van der Waals surface area contributed by atoms with Gasteiger partial charge in [-0.1, -0.05) is 67.8 Å². The van der Waals surface area contributed by atoms with Gasteiger partial charge in [0.2, 0.25) is 5.91 Å². The van der Waals surface area contributed by atoms with Crippen molar-refractivity contribution in [2.75, 3.05) is 5.73 Å². The second-order valence-corrected chi connectivity index (χ2v) is 10.3. The molecule has 0 aliphatic heterocycles. The Kier molecular flexibility index (Phi) is 7.41. The van der Waals surface area contributed by atoms with E-state index in [9.17, 15) is 14.4 Å². The van der Waals surface area contributed by atoms with Gasteiger partial charge in [0.25, 0.3) is 11.8 Å². The number of para-hydroxylation sites is 1. The zero-order valence-corrected chi connectivity index (χ0v) is 21.7. The molecule has 4 aromatic rings. The van der Waals surface area contributed by atoms with Gasteiger partial charge < -0.3 is 26.7 Å². The molecule has 2 heterocycles. The monoisotopic (exact) mass is 530 g/mol. The topological polar surface area (TPSA) is 147 Å². The molecule has 0 saturated heterocycles. The molecule has 1 fully saturated rings. The fraction of sp³-hybridized carbons (Fsp3) is 0.286. The van der Waals surface area contributed by atoms with Gasteiger partial charge in [0, 0.05) is 35.2 Å². The summed E-state index contributed by atoms with van der Waals surface area (Å²) in [6.45, 7) is 0.319. The Morgan fingerprint density at radius 3 is 2.47 bits per heavy atom. The van der Waals surface area contributed by atoms with Crippen molar-refractivity contribution in [3.63, 3.8) is 0 Å². The zero-order chi connectivity index (χ0) is 26.6. The fourth-order valence-corrected chi connectivity index (χ4v) is 5.97. The van der Waals surface area contributed by atoms with Crippen LogP contribution in [0.1, 0.15) is 69.4 Å². The Balaban J connectivity index is 1.60. The molecule has 9 nitrogen and oxygen atoms in total. The summed E-state index contributed by atoms with van der Waals surface area (Å²) in [4.78, 5) is 45.1. The number of benzene rings is 2. The van der Waals surface area contributed by atoms with Crippen LogP contribution in [0.25, 0.3) is 10.9 Å². The number of hydrogen-bond donors (Lipinski definition) is 4. The summed E-state index contributed by atoms with van der Waals surface area (Å²) in [5, 5.41) is 3.91. The van der Waals surface area contributed by atoms with Gasteiger partial charge in [-0.05, 0) is 36.0 Å². The number of anilines is 1. The maximum Gasteiger partial charge on any atom is 0.270 e. The first-order valence-corrected chi connectivity index (χ1v) is 13.5. The first-order chi connectivity index (χ1) is 18.5. The average molecular weight is 531 g/mol. The number of nitrogens with two attached hydrogens (primary N) is 2. The van der Waals surface area contributed by atoms with Gasteiger partial charge in [-0.25, -0.2) is 0 Å². The van der Waals surface area contributed by atoms with E-state index in [1.807, 2.05) is 54.6 Å². The third-order valence-corrected chi connectivity index (χ3v) is 7.96. The van der Waals surface area contributed by atoms with Crippen LogP contribution in [0.2, 0.25) is 0 Å². The lowest BCUT2D eigenvalue weighted by Gasteiger charge is -2.39. The molecule has 0 bridgehead atoms. The van der Waals surface area contributed by atoms with Crippen LogP contribution in [-0.2, 0) is 11.3 Å². The standard InChI is InChI=1S/C28H30N6O3S/c29-22-23(26(30)35)33-38-25(22)28(37)34(18-11-5-2-6-12-18)24(20-16-31-21-14-8-7-13-19(20)21)27(36)32-15-17-9-3-1-4-10-17/h1,3-4,7-10,13-14,16,18,24,31H,2,5-6,11-12,15,29H2,(H2,30,35)(H,32,36). The van der Waals surface area contributed by atoms with Crippen molar-refractivity contribution in [3.05, 3.63) is 82.5 Å². The first-order valence-electron chi connectivity index (χ1n) is 12.7. The molecular weight excluding hydrogens is 500 g/mol. The van der Waals surface area contributed by atoms with E-state index in [-0.39, 0.29) is 28.2 Å². The predicted octanol–water partition coefficient (Wildman–Crippen LogP) is 4.14. The number of carbonyl (C=O) groups is 3. The highest BCUT2D eigenvalue weighted by Gasteiger charge is 2.40. The van der Waals surface area contributed by atoms with E-state index in [0.717, 1.165) is 60.1 Å². The third-order valence-electron chi connectivity index (χ3n) is 7.11.